The zero-order valence-corrected chi connectivity index (χ0v) is 27.5. The molecule has 51 heavy (non-hydrogen) atoms. The van der Waals surface area contributed by atoms with Crippen LogP contribution < -0.4 is 0 Å². The van der Waals surface area contributed by atoms with E-state index in [1.807, 2.05) is 0 Å². The van der Waals surface area contributed by atoms with Gasteiger partial charge >= 0.3 is 0 Å². The number of furan rings is 2. The molecule has 0 amide bonds. The molecule has 0 atom stereocenters. The second-order valence-electron chi connectivity index (χ2n) is 13.3. The van der Waals surface area contributed by atoms with Crippen molar-refractivity contribution in [2.75, 3.05) is 0 Å². The SMILES string of the molecule is c1ccc(-c2ccc3oc4cc5oc6c(-c7ccccc7)cc(-c7ccc8c(c7)c7ccccc7n8-c7ccccc7)cc6c5cc4c3c2)cc1. The zero-order valence-electron chi connectivity index (χ0n) is 27.5. The van der Waals surface area contributed by atoms with Gasteiger partial charge in [0.2, 0.25) is 0 Å². The monoisotopic (exact) mass is 651 g/mol. The molecule has 238 valence electrons. The Morgan fingerprint density at radius 2 is 0.902 bits per heavy atom. The minimum Gasteiger partial charge on any atom is -0.456 e. The quantitative estimate of drug-likeness (QED) is 0.190. The third kappa shape index (κ3) is 4.32. The minimum absolute atomic E-state index is 0.815. The van der Waals surface area contributed by atoms with Crippen molar-refractivity contribution in [3.63, 3.8) is 0 Å². The Kier molecular flexibility index (Phi) is 5.96. The number of nitrogens with zero attached hydrogens (tertiary/aromatic N) is 1. The van der Waals surface area contributed by atoms with Crippen molar-refractivity contribution in [2.24, 2.45) is 0 Å². The van der Waals surface area contributed by atoms with Gasteiger partial charge in [-0.15, -0.1) is 0 Å². The molecule has 0 fully saturated rings. The fraction of sp³-hybridized carbons (Fsp3) is 0. The first kappa shape index (κ1) is 28.0. The summed E-state index contributed by atoms with van der Waals surface area (Å²) in [4.78, 5) is 0. The molecular formula is C48H29NO2. The number of para-hydroxylation sites is 2. The first-order valence-electron chi connectivity index (χ1n) is 17.3. The van der Waals surface area contributed by atoms with E-state index in [1.54, 1.807) is 0 Å². The van der Waals surface area contributed by atoms with Crippen LogP contribution in [0, 0.1) is 0 Å². The standard InChI is InChI=1S/C48H29NO2/c1-4-12-30(13-5-1)32-21-23-45-39(25-32)40-28-41-42-27-34(26-37(31-14-6-2-7-15-31)48(42)51-47(41)29-46(40)50-45)33-20-22-44-38(24-33)36-18-10-11-19-43(36)49(44)35-16-8-3-9-17-35/h1-29H. The van der Waals surface area contributed by atoms with Crippen molar-refractivity contribution >= 4 is 65.7 Å². The van der Waals surface area contributed by atoms with E-state index in [-0.39, 0.29) is 0 Å². The molecule has 3 aromatic heterocycles. The lowest BCUT2D eigenvalue weighted by Gasteiger charge is -2.10. The second-order valence-corrected chi connectivity index (χ2v) is 13.3. The van der Waals surface area contributed by atoms with E-state index in [4.69, 9.17) is 8.83 Å². The van der Waals surface area contributed by atoms with Crippen LogP contribution in [0.5, 0.6) is 0 Å². The van der Waals surface area contributed by atoms with Gasteiger partial charge in [-0.05, 0) is 88.5 Å². The van der Waals surface area contributed by atoms with Crippen LogP contribution >= 0.6 is 0 Å². The summed E-state index contributed by atoms with van der Waals surface area (Å²) in [5.74, 6) is 0. The Morgan fingerprint density at radius 1 is 0.314 bits per heavy atom. The van der Waals surface area contributed by atoms with Crippen LogP contribution in [0.2, 0.25) is 0 Å². The Labute approximate surface area is 293 Å². The molecule has 0 N–H and O–H groups in total. The summed E-state index contributed by atoms with van der Waals surface area (Å²) < 4.78 is 15.5. The first-order chi connectivity index (χ1) is 25.3. The number of benzene rings is 8. The highest BCUT2D eigenvalue weighted by molar-refractivity contribution is 6.18. The molecule has 0 bridgehead atoms. The molecular weight excluding hydrogens is 623 g/mol. The fourth-order valence-corrected chi connectivity index (χ4v) is 7.96. The van der Waals surface area contributed by atoms with Gasteiger partial charge in [0.05, 0.1) is 11.0 Å². The van der Waals surface area contributed by atoms with Gasteiger partial charge in [0.1, 0.15) is 22.3 Å². The molecule has 8 aromatic carbocycles. The molecule has 0 saturated heterocycles. The van der Waals surface area contributed by atoms with Crippen LogP contribution in [-0.2, 0) is 0 Å². The average molecular weight is 652 g/mol. The highest BCUT2D eigenvalue weighted by Gasteiger charge is 2.19. The van der Waals surface area contributed by atoms with Crippen LogP contribution in [0.1, 0.15) is 0 Å². The van der Waals surface area contributed by atoms with Crippen molar-refractivity contribution in [1.82, 2.24) is 4.57 Å². The summed E-state index contributed by atoms with van der Waals surface area (Å²) >= 11 is 0. The molecule has 3 heterocycles. The molecule has 0 aliphatic carbocycles. The zero-order chi connectivity index (χ0) is 33.5. The van der Waals surface area contributed by atoms with Gasteiger partial charge in [-0.25, -0.2) is 0 Å². The van der Waals surface area contributed by atoms with Crippen LogP contribution in [0.25, 0.3) is 105 Å². The Balaban J connectivity index is 1.16. The average Bonchev–Trinajstić information content (AvgIpc) is 3.86. The Hall–Kier alpha value is -6.84. The second kappa shape index (κ2) is 10.8. The summed E-state index contributed by atoms with van der Waals surface area (Å²) in [6.45, 7) is 0. The topological polar surface area (TPSA) is 31.2 Å². The van der Waals surface area contributed by atoms with Crippen molar-refractivity contribution in [3.8, 4) is 39.1 Å². The first-order valence-corrected chi connectivity index (χ1v) is 17.3. The Morgan fingerprint density at radius 3 is 1.73 bits per heavy atom. The summed E-state index contributed by atoms with van der Waals surface area (Å²) in [5, 5.41) is 6.81. The van der Waals surface area contributed by atoms with Crippen molar-refractivity contribution < 1.29 is 8.83 Å². The van der Waals surface area contributed by atoms with Gasteiger partial charge in [-0.1, -0.05) is 109 Å². The normalized spacial score (nSPS) is 11.9. The van der Waals surface area contributed by atoms with E-state index in [0.717, 1.165) is 71.8 Å². The lowest BCUT2D eigenvalue weighted by molar-refractivity contribution is 0.656. The maximum atomic E-state index is 6.74. The van der Waals surface area contributed by atoms with Gasteiger partial charge in [0.15, 0.2) is 0 Å². The van der Waals surface area contributed by atoms with Crippen LogP contribution in [0.4, 0.5) is 0 Å². The van der Waals surface area contributed by atoms with Gasteiger partial charge in [0.25, 0.3) is 0 Å². The van der Waals surface area contributed by atoms with E-state index in [0.29, 0.717) is 0 Å². The number of aromatic nitrogens is 1. The van der Waals surface area contributed by atoms with Gasteiger partial charge in [-0.3, -0.25) is 0 Å². The smallest absolute Gasteiger partial charge is 0.143 e. The van der Waals surface area contributed by atoms with Crippen molar-refractivity contribution in [1.29, 1.82) is 0 Å². The third-order valence-corrected chi connectivity index (χ3v) is 10.4. The van der Waals surface area contributed by atoms with Crippen LogP contribution in [0.15, 0.2) is 185 Å². The predicted molar refractivity (Wildman–Crippen MR) is 212 cm³/mol. The van der Waals surface area contributed by atoms with Gasteiger partial charge < -0.3 is 13.4 Å². The third-order valence-electron chi connectivity index (χ3n) is 10.4. The highest BCUT2D eigenvalue weighted by atomic mass is 16.3. The lowest BCUT2D eigenvalue weighted by Crippen LogP contribution is -1.92. The van der Waals surface area contributed by atoms with E-state index in [2.05, 4.69) is 180 Å². The molecule has 0 aliphatic heterocycles. The van der Waals surface area contributed by atoms with Gasteiger partial charge in [0, 0.05) is 49.6 Å². The largest absolute Gasteiger partial charge is 0.456 e. The molecule has 0 radical (unpaired) electrons. The van der Waals surface area contributed by atoms with Crippen molar-refractivity contribution in [2.45, 2.75) is 0 Å². The van der Waals surface area contributed by atoms with E-state index >= 15 is 0 Å². The number of rotatable bonds is 4. The molecule has 3 heteroatoms. The number of fused-ring (bicyclic) bond motifs is 9. The molecule has 11 rings (SSSR count). The fourth-order valence-electron chi connectivity index (χ4n) is 7.96. The van der Waals surface area contributed by atoms with E-state index in [1.165, 1.54) is 32.9 Å². The summed E-state index contributed by atoms with van der Waals surface area (Å²) in [7, 11) is 0. The summed E-state index contributed by atoms with van der Waals surface area (Å²) in [5.41, 5.74) is 13.8. The maximum Gasteiger partial charge on any atom is 0.143 e. The summed E-state index contributed by atoms with van der Waals surface area (Å²) in [6, 6.07) is 62.6. The van der Waals surface area contributed by atoms with E-state index in [9.17, 15) is 0 Å². The lowest BCUT2D eigenvalue weighted by atomic mass is 9.94. The maximum absolute atomic E-state index is 6.74. The number of hydrogen-bond acceptors (Lipinski definition) is 2. The molecule has 3 nitrogen and oxygen atoms in total. The van der Waals surface area contributed by atoms with Crippen LogP contribution in [0.3, 0.4) is 0 Å². The number of hydrogen-bond donors (Lipinski definition) is 0. The summed E-state index contributed by atoms with van der Waals surface area (Å²) in [6.07, 6.45) is 0. The van der Waals surface area contributed by atoms with Gasteiger partial charge in [-0.2, -0.15) is 0 Å². The van der Waals surface area contributed by atoms with Crippen LogP contribution in [-0.4, -0.2) is 4.57 Å². The molecule has 11 aromatic rings. The molecule has 0 spiro atoms. The van der Waals surface area contributed by atoms with Crippen molar-refractivity contribution in [3.05, 3.63) is 176 Å². The van der Waals surface area contributed by atoms with E-state index < -0.39 is 0 Å². The molecule has 0 saturated carbocycles. The predicted octanol–water partition coefficient (Wildman–Crippen LogP) is 13.6. The highest BCUT2D eigenvalue weighted by Crippen LogP contribution is 2.43. The Bertz CT molecular complexity index is 3110. The molecule has 0 aliphatic rings. The molecule has 0 unspecified atom stereocenters. The minimum atomic E-state index is 0.815.